The van der Waals surface area contributed by atoms with E-state index < -0.39 is 0 Å². The summed E-state index contributed by atoms with van der Waals surface area (Å²) in [5, 5.41) is 4.90. The normalized spacial score (nSPS) is 11.3. The van der Waals surface area contributed by atoms with E-state index in [1.165, 1.54) is 71.6 Å². The minimum atomic E-state index is 1.08. The van der Waals surface area contributed by atoms with Crippen molar-refractivity contribution in [3.63, 3.8) is 0 Å². The SMILES string of the molecule is c1ccc(-c2ccc(-c3cc4ccccc4c4c3c3ccc(N(c5ccc(-c6ccccc6)cc5)c5cccc(-c6ccccc6)c5)cc3n4-c3ccccc3)cc2)cc1. The summed E-state index contributed by atoms with van der Waals surface area (Å²) in [5.74, 6) is 0. The van der Waals surface area contributed by atoms with Crippen LogP contribution in [0.4, 0.5) is 17.1 Å². The fourth-order valence-electron chi connectivity index (χ4n) is 8.89. The molecule has 60 heavy (non-hydrogen) atoms. The lowest BCUT2D eigenvalue weighted by atomic mass is 9.94. The molecule has 0 radical (unpaired) electrons. The van der Waals surface area contributed by atoms with Crippen LogP contribution in [0.5, 0.6) is 0 Å². The van der Waals surface area contributed by atoms with Crippen LogP contribution in [0.15, 0.2) is 243 Å². The van der Waals surface area contributed by atoms with Gasteiger partial charge in [-0.3, -0.25) is 0 Å². The standard InChI is InChI=1S/C58H40N2/c1-5-16-41(17-6-1)44-28-30-46(31-29-44)55-39-48-22-13-14-27-53(48)58-57(55)54-37-36-52(40-56(54)60(58)49-24-11-4-12-25-49)59(50-34-32-45(33-35-50)42-18-7-2-8-19-42)51-26-15-23-47(38-51)43-20-9-3-10-21-43/h1-40H. The number of aromatic nitrogens is 1. The Hall–Kier alpha value is -7.94. The average Bonchev–Trinajstić information content (AvgIpc) is 3.68. The number of para-hydroxylation sites is 1. The first-order valence-corrected chi connectivity index (χ1v) is 20.6. The van der Waals surface area contributed by atoms with Gasteiger partial charge in [0, 0.05) is 38.9 Å². The van der Waals surface area contributed by atoms with Crippen LogP contribution in [0.3, 0.4) is 0 Å². The molecule has 0 unspecified atom stereocenters. The van der Waals surface area contributed by atoms with Crippen molar-refractivity contribution in [1.82, 2.24) is 4.57 Å². The summed E-state index contributed by atoms with van der Waals surface area (Å²) in [6.45, 7) is 0. The molecule has 0 N–H and O–H groups in total. The van der Waals surface area contributed by atoms with Crippen LogP contribution in [0.25, 0.3) is 82.8 Å². The molecule has 0 bridgehead atoms. The Balaban J connectivity index is 1.16. The lowest BCUT2D eigenvalue weighted by molar-refractivity contribution is 1.18. The van der Waals surface area contributed by atoms with Crippen molar-refractivity contribution in [1.29, 1.82) is 0 Å². The monoisotopic (exact) mass is 764 g/mol. The lowest BCUT2D eigenvalue weighted by Crippen LogP contribution is -2.10. The van der Waals surface area contributed by atoms with Crippen LogP contribution in [-0.2, 0) is 0 Å². The van der Waals surface area contributed by atoms with Gasteiger partial charge in [0.2, 0.25) is 0 Å². The molecule has 0 spiro atoms. The molecular formula is C58H40N2. The van der Waals surface area contributed by atoms with E-state index in [9.17, 15) is 0 Å². The number of hydrogen-bond acceptors (Lipinski definition) is 1. The molecule has 1 aromatic heterocycles. The number of nitrogens with zero attached hydrogens (tertiary/aromatic N) is 2. The van der Waals surface area contributed by atoms with Crippen molar-refractivity contribution in [3.8, 4) is 50.2 Å². The van der Waals surface area contributed by atoms with Gasteiger partial charge in [0.05, 0.1) is 11.0 Å². The molecule has 0 saturated heterocycles. The van der Waals surface area contributed by atoms with Gasteiger partial charge < -0.3 is 9.47 Å². The van der Waals surface area contributed by atoms with Crippen molar-refractivity contribution >= 4 is 49.6 Å². The largest absolute Gasteiger partial charge is 0.310 e. The van der Waals surface area contributed by atoms with Crippen LogP contribution in [-0.4, -0.2) is 4.57 Å². The Kier molecular flexibility index (Phi) is 8.87. The van der Waals surface area contributed by atoms with Gasteiger partial charge in [0.15, 0.2) is 0 Å². The number of fused-ring (bicyclic) bond motifs is 5. The van der Waals surface area contributed by atoms with Gasteiger partial charge in [0.25, 0.3) is 0 Å². The Morgan fingerprint density at radius 3 is 1.43 bits per heavy atom. The molecular weight excluding hydrogens is 725 g/mol. The molecule has 2 heteroatoms. The molecule has 0 aliphatic heterocycles. The van der Waals surface area contributed by atoms with Gasteiger partial charge in [0.1, 0.15) is 0 Å². The predicted molar refractivity (Wildman–Crippen MR) is 255 cm³/mol. The fourth-order valence-corrected chi connectivity index (χ4v) is 8.89. The number of anilines is 3. The Labute approximate surface area is 350 Å². The quantitative estimate of drug-likeness (QED) is 0.150. The van der Waals surface area contributed by atoms with E-state index in [2.05, 4.69) is 252 Å². The third-order valence-electron chi connectivity index (χ3n) is 11.8. The van der Waals surface area contributed by atoms with Gasteiger partial charge in [-0.15, -0.1) is 0 Å². The van der Waals surface area contributed by atoms with E-state index in [1.807, 2.05) is 0 Å². The molecule has 2 nitrogen and oxygen atoms in total. The van der Waals surface area contributed by atoms with Crippen molar-refractivity contribution in [3.05, 3.63) is 243 Å². The summed E-state index contributed by atoms with van der Waals surface area (Å²) in [6, 6.07) is 87.9. The van der Waals surface area contributed by atoms with E-state index in [4.69, 9.17) is 0 Å². The minimum absolute atomic E-state index is 1.08. The van der Waals surface area contributed by atoms with Crippen molar-refractivity contribution in [2.45, 2.75) is 0 Å². The van der Waals surface area contributed by atoms with Crippen LogP contribution in [0, 0.1) is 0 Å². The molecule has 11 aromatic rings. The first-order valence-electron chi connectivity index (χ1n) is 20.6. The van der Waals surface area contributed by atoms with Gasteiger partial charge in [-0.2, -0.15) is 0 Å². The van der Waals surface area contributed by atoms with Crippen molar-refractivity contribution < 1.29 is 0 Å². The number of hydrogen-bond donors (Lipinski definition) is 0. The lowest BCUT2D eigenvalue weighted by Gasteiger charge is -2.26. The zero-order valence-electron chi connectivity index (χ0n) is 33.0. The number of rotatable bonds is 8. The summed E-state index contributed by atoms with van der Waals surface area (Å²) in [6.07, 6.45) is 0. The summed E-state index contributed by atoms with van der Waals surface area (Å²) in [4.78, 5) is 2.40. The first kappa shape index (κ1) is 35.2. The molecule has 0 atom stereocenters. The molecule has 10 aromatic carbocycles. The summed E-state index contributed by atoms with van der Waals surface area (Å²) >= 11 is 0. The molecule has 0 fully saturated rings. The molecule has 11 rings (SSSR count). The molecule has 0 saturated carbocycles. The van der Waals surface area contributed by atoms with Crippen LogP contribution >= 0.6 is 0 Å². The van der Waals surface area contributed by atoms with Gasteiger partial charge in [-0.1, -0.05) is 188 Å². The summed E-state index contributed by atoms with van der Waals surface area (Å²) in [5.41, 5.74) is 16.3. The first-order chi connectivity index (χ1) is 29.8. The molecule has 0 aliphatic rings. The predicted octanol–water partition coefficient (Wildman–Crippen LogP) is 16.1. The highest BCUT2D eigenvalue weighted by Crippen LogP contribution is 2.46. The third kappa shape index (κ3) is 6.32. The highest BCUT2D eigenvalue weighted by molar-refractivity contribution is 6.24. The van der Waals surface area contributed by atoms with Crippen LogP contribution in [0.2, 0.25) is 0 Å². The molecule has 0 amide bonds. The van der Waals surface area contributed by atoms with Crippen molar-refractivity contribution in [2.75, 3.05) is 4.90 Å². The minimum Gasteiger partial charge on any atom is -0.310 e. The topological polar surface area (TPSA) is 8.17 Å². The highest BCUT2D eigenvalue weighted by atomic mass is 15.1. The zero-order valence-corrected chi connectivity index (χ0v) is 33.0. The second-order valence-electron chi connectivity index (χ2n) is 15.3. The molecule has 282 valence electrons. The number of benzene rings is 10. The molecule has 1 heterocycles. The van der Waals surface area contributed by atoms with E-state index in [0.29, 0.717) is 0 Å². The van der Waals surface area contributed by atoms with Crippen LogP contribution in [0.1, 0.15) is 0 Å². The maximum atomic E-state index is 2.48. The Morgan fingerprint density at radius 1 is 0.300 bits per heavy atom. The summed E-state index contributed by atoms with van der Waals surface area (Å²) in [7, 11) is 0. The van der Waals surface area contributed by atoms with Gasteiger partial charge in [-0.05, 0) is 104 Å². The van der Waals surface area contributed by atoms with E-state index in [0.717, 1.165) is 28.3 Å². The third-order valence-corrected chi connectivity index (χ3v) is 11.8. The highest BCUT2D eigenvalue weighted by Gasteiger charge is 2.22. The Morgan fingerprint density at radius 2 is 0.783 bits per heavy atom. The van der Waals surface area contributed by atoms with Crippen LogP contribution < -0.4 is 4.90 Å². The summed E-state index contributed by atoms with van der Waals surface area (Å²) < 4.78 is 2.48. The second kappa shape index (κ2) is 15.1. The van der Waals surface area contributed by atoms with Gasteiger partial charge in [-0.25, -0.2) is 0 Å². The Bertz CT molecular complexity index is 3260. The average molecular weight is 765 g/mol. The maximum absolute atomic E-state index is 2.48. The van der Waals surface area contributed by atoms with Gasteiger partial charge >= 0.3 is 0 Å². The maximum Gasteiger partial charge on any atom is 0.0625 e. The van der Waals surface area contributed by atoms with E-state index in [1.54, 1.807) is 0 Å². The smallest absolute Gasteiger partial charge is 0.0625 e. The van der Waals surface area contributed by atoms with Crippen molar-refractivity contribution in [2.24, 2.45) is 0 Å². The second-order valence-corrected chi connectivity index (χ2v) is 15.3. The van der Waals surface area contributed by atoms with E-state index >= 15 is 0 Å². The van der Waals surface area contributed by atoms with E-state index in [-0.39, 0.29) is 0 Å². The fraction of sp³-hybridized carbons (Fsp3) is 0. The zero-order chi connectivity index (χ0) is 39.8. The molecule has 0 aliphatic carbocycles.